The molecule has 15 rings (SSSR count). The van der Waals surface area contributed by atoms with E-state index < -0.39 is 43.3 Å². The number of piperazine rings is 3. The predicted octanol–water partition coefficient (Wildman–Crippen LogP) is 16.8. The molecule has 0 saturated carbocycles. The summed E-state index contributed by atoms with van der Waals surface area (Å²) in [6, 6.07) is 34.6. The Bertz CT molecular complexity index is 6630. The Labute approximate surface area is 752 Å². The summed E-state index contributed by atoms with van der Waals surface area (Å²) in [5.41, 5.74) is 6.24. The molecule has 4 aromatic carbocycles. The van der Waals surface area contributed by atoms with E-state index in [9.17, 15) is 47.4 Å². The monoisotopic (exact) mass is 1810 g/mol. The predicted molar refractivity (Wildman–Crippen MR) is 507 cm³/mol. The first kappa shape index (κ1) is 93.2. The number of carbonyl (C=O) groups is 4. The van der Waals surface area contributed by atoms with Crippen molar-refractivity contribution in [3.05, 3.63) is 266 Å². The van der Waals surface area contributed by atoms with E-state index in [-0.39, 0.29) is 115 Å². The van der Waals surface area contributed by atoms with Crippen LogP contribution in [0.4, 0.5) is 31.9 Å². The number of nitrogens with zero attached hydrogens (tertiary/aromatic N) is 17. The van der Waals surface area contributed by atoms with E-state index in [1.54, 1.807) is 131 Å². The Hall–Kier alpha value is -12.5. The molecule has 7 aromatic heterocycles. The molecule has 3 saturated heterocycles. The third-order valence-electron chi connectivity index (χ3n) is 23.5. The third-order valence-corrected chi connectivity index (χ3v) is 27.1. The summed E-state index contributed by atoms with van der Waals surface area (Å²) in [4.78, 5) is 129. The van der Waals surface area contributed by atoms with Crippen LogP contribution < -0.4 is 36.7 Å². The first-order valence-electron chi connectivity index (χ1n) is 42.0. The molecule has 664 valence electrons. The summed E-state index contributed by atoms with van der Waals surface area (Å²) in [5, 5.41) is 12.4. The number of benzene rings is 4. The molecule has 128 heavy (non-hydrogen) atoms. The first-order valence-corrected chi connectivity index (χ1v) is 48.0. The number of aromatic nitrogens is 9. The van der Waals surface area contributed by atoms with E-state index in [1.807, 2.05) is 129 Å². The second-order valence-electron chi connectivity index (χ2n) is 34.1. The number of anilines is 4. The van der Waals surface area contributed by atoms with Crippen LogP contribution >= 0.6 is 37.5 Å². The number of rotatable bonds is 16. The Morgan fingerprint density at radius 1 is 0.484 bits per heavy atom. The molecule has 6 unspecified atom stereocenters. The summed E-state index contributed by atoms with van der Waals surface area (Å²) in [6.45, 7) is 47.9. The van der Waals surface area contributed by atoms with Crippen LogP contribution in [0.1, 0.15) is 120 Å². The maximum Gasteiger partial charge on any atom is 0.355 e. The van der Waals surface area contributed by atoms with Crippen LogP contribution in [0.5, 0.6) is 0 Å². The maximum atomic E-state index is 16.3. The van der Waals surface area contributed by atoms with E-state index in [1.165, 1.54) is 45.6 Å². The average Bonchev–Trinajstić information content (AvgIpc) is 0.733. The topological polar surface area (TPSA) is 292 Å². The molecule has 3 amide bonds. The van der Waals surface area contributed by atoms with Gasteiger partial charge in [0.2, 0.25) is 17.7 Å². The van der Waals surface area contributed by atoms with Gasteiger partial charge in [0.1, 0.15) is 54.9 Å². The molecule has 4 aliphatic rings. The quantitative estimate of drug-likeness (QED) is 0.0694. The van der Waals surface area contributed by atoms with E-state index in [2.05, 4.69) is 51.2 Å². The smallest absolute Gasteiger partial charge is 0.355 e. The fourth-order valence-electron chi connectivity index (χ4n) is 17.1. The van der Waals surface area contributed by atoms with Gasteiger partial charge in [-0.2, -0.15) is 9.97 Å². The summed E-state index contributed by atoms with van der Waals surface area (Å²) in [7, 11) is -5.55. The second kappa shape index (κ2) is 37.4. The highest BCUT2D eigenvalue weighted by Gasteiger charge is 2.42. The molecule has 32 heteroatoms. The van der Waals surface area contributed by atoms with Crippen molar-refractivity contribution in [1.29, 1.82) is 0 Å². The molecule has 0 radical (unpaired) electrons. The molecular formula is C96H103Cl2F2N17O9P2. The number of hydrogen-bond acceptors (Lipinski definition) is 20. The minimum Gasteiger partial charge on any atom is -0.478 e. The van der Waals surface area contributed by atoms with Crippen LogP contribution in [0.25, 0.3) is 67.2 Å². The van der Waals surface area contributed by atoms with E-state index >= 15 is 4.39 Å². The zero-order valence-corrected chi connectivity index (χ0v) is 77.7. The van der Waals surface area contributed by atoms with Gasteiger partial charge in [-0.1, -0.05) is 144 Å². The van der Waals surface area contributed by atoms with Crippen molar-refractivity contribution < 1.29 is 42.2 Å². The number of para-hydroxylation sites is 1. The number of fused-ring (bicyclic) bond motifs is 3. The fourth-order valence-corrected chi connectivity index (χ4v) is 20.0. The number of aliphatic imine (C=N–C) groups is 1. The molecule has 3 fully saturated rings. The largest absolute Gasteiger partial charge is 0.478 e. The van der Waals surface area contributed by atoms with Gasteiger partial charge in [0, 0.05) is 115 Å². The summed E-state index contributed by atoms with van der Waals surface area (Å²) < 4.78 is 60.7. The standard InChI is InChI=1S/C33H38FN6O3P.C32H33ClN6O4.C31H32ClFN5O2P/c1-9-27(41)38-17-22(6)39(18-21(38)5)31-24-16-25(34)29(23-12-10-11-13-26(23)44(7,8)43)36-32(24)40(33(42)37-31)30-20(4)14-15-35-28(30)19(2)3;1-7-25(40)37-15-20(6)38(16-19(37)5)29-23-14-24(33)27(21-10-8-9-11-22(21)31(41)42)35-30(23)39(32(43)36-29)28-18(4)12-13-34-26(28)17(2)3;1-7-28(39)36-17-20(3)37(18-19(36)2)30-23-16-24(32)29(22-12-8-9-13-25(22)33)35-31(23)38(21(4)34-30)26-14-10-11-15-27(26)41(5,6)40/h9-16,19,21-22H,1,17-18H2,2-8H3;7-14,17,19-20H,1,15-16H2,2-6H3,(H,41,42);7-16,19-20H,1,4,17-18H2,2-3,5-6H3. The number of carbonyl (C=O) groups excluding carboxylic acids is 3. The van der Waals surface area contributed by atoms with Crippen LogP contribution in [-0.4, -0.2) is 200 Å². The van der Waals surface area contributed by atoms with Gasteiger partial charge in [-0.25, -0.2) is 52.2 Å². The van der Waals surface area contributed by atoms with Gasteiger partial charge in [-0.05, 0) is 184 Å². The van der Waals surface area contributed by atoms with Crippen molar-refractivity contribution in [2.75, 3.05) is 80.6 Å². The number of carboxylic acid groups (broad SMARTS) is 1. The van der Waals surface area contributed by atoms with Crippen molar-refractivity contribution in [1.82, 2.24) is 63.6 Å². The molecule has 4 aliphatic heterocycles. The van der Waals surface area contributed by atoms with Crippen molar-refractivity contribution in [3.8, 4) is 45.1 Å². The van der Waals surface area contributed by atoms with Crippen molar-refractivity contribution in [2.45, 2.75) is 131 Å². The lowest BCUT2D eigenvalue weighted by Gasteiger charge is -2.46. The third kappa shape index (κ3) is 18.1. The van der Waals surface area contributed by atoms with Crippen molar-refractivity contribution in [2.24, 2.45) is 4.99 Å². The minimum atomic E-state index is -2.82. The molecule has 6 atom stereocenters. The lowest BCUT2D eigenvalue weighted by molar-refractivity contribution is -0.131. The van der Waals surface area contributed by atoms with Gasteiger partial charge in [-0.15, -0.1) is 0 Å². The SMILES string of the molecule is C=CC(=O)N1CC(C)N(C2=NC(=C)N(c3ccccc3P(C)(C)=O)c3nc(-c4ccccc4F)c(Cl)cc32)CC1C.C=CC(=O)N1CC(C)N(c2nc(=O)n(-c3c(C)ccnc3C(C)C)c3nc(-c4ccccc4C(=O)O)c(Cl)cc23)CC1C.C=CC(=O)N1CC(C)N(c2nc(=O)n(-c3c(C)ccnc3C(C)C)c3nc(-c4ccccc4P(C)(C)=O)c(F)cc23)CC1C. The van der Waals surface area contributed by atoms with Gasteiger partial charge in [-0.3, -0.25) is 29.3 Å². The number of pyridine rings is 5. The first-order chi connectivity index (χ1) is 60.6. The Balaban J connectivity index is 0.000000164. The van der Waals surface area contributed by atoms with Crippen LogP contribution in [0, 0.1) is 25.5 Å². The number of amides is 3. The van der Waals surface area contributed by atoms with Gasteiger partial charge >= 0.3 is 17.3 Å². The van der Waals surface area contributed by atoms with Crippen molar-refractivity contribution in [3.63, 3.8) is 0 Å². The van der Waals surface area contributed by atoms with Crippen LogP contribution in [0.15, 0.2) is 205 Å². The fraction of sp³-hybridized carbons (Fsp3) is 0.312. The number of halogens is 4. The number of hydrogen-bond donors (Lipinski definition) is 1. The molecule has 0 aliphatic carbocycles. The summed E-state index contributed by atoms with van der Waals surface area (Å²) in [5.74, 6) is -0.599. The molecule has 11 aromatic rings. The Kier molecular flexibility index (Phi) is 27.3. The lowest BCUT2D eigenvalue weighted by atomic mass is 10.0. The highest BCUT2D eigenvalue weighted by Crippen LogP contribution is 2.47. The molecular weight excluding hydrogens is 1710 g/mol. The molecule has 11 heterocycles. The number of amidine groups is 1. The molecule has 0 bridgehead atoms. The van der Waals surface area contributed by atoms with Gasteiger partial charge in [0.25, 0.3) is 0 Å². The molecule has 0 spiro atoms. The minimum absolute atomic E-state index is 0.00205. The van der Waals surface area contributed by atoms with Crippen LogP contribution in [0.2, 0.25) is 10.0 Å². The van der Waals surface area contributed by atoms with Gasteiger partial charge in [0.05, 0.1) is 71.8 Å². The van der Waals surface area contributed by atoms with Gasteiger partial charge < -0.3 is 43.6 Å². The van der Waals surface area contributed by atoms with E-state index in [0.29, 0.717) is 135 Å². The van der Waals surface area contributed by atoms with Crippen LogP contribution in [0.3, 0.4) is 0 Å². The van der Waals surface area contributed by atoms with Crippen LogP contribution in [-0.2, 0) is 23.5 Å². The summed E-state index contributed by atoms with van der Waals surface area (Å²) in [6.07, 6.45) is 7.33. The summed E-state index contributed by atoms with van der Waals surface area (Å²) >= 11 is 13.7. The lowest BCUT2D eigenvalue weighted by Crippen LogP contribution is -2.59. The normalized spacial score (nSPS) is 17.8. The molecule has 1 N–H and O–H groups in total. The number of aryl methyl sites for hydroxylation is 2. The zero-order chi connectivity index (χ0) is 92.9. The Morgan fingerprint density at radius 2 is 0.898 bits per heavy atom. The van der Waals surface area contributed by atoms with E-state index in [4.69, 9.17) is 43.1 Å². The Morgan fingerprint density at radius 3 is 1.38 bits per heavy atom. The van der Waals surface area contributed by atoms with E-state index in [0.717, 1.165) is 11.1 Å². The zero-order valence-electron chi connectivity index (χ0n) is 74.4. The highest BCUT2D eigenvalue weighted by atomic mass is 35.5. The maximum absolute atomic E-state index is 16.3. The number of carboxylic acids is 1. The van der Waals surface area contributed by atoms with Gasteiger partial charge in [0.15, 0.2) is 17.1 Å². The highest BCUT2D eigenvalue weighted by molar-refractivity contribution is 7.70. The van der Waals surface area contributed by atoms with Crippen molar-refractivity contribution >= 4 is 123 Å². The average molecular weight is 1810 g/mol. The number of aromatic carboxylic acids is 1. The second-order valence-corrected chi connectivity index (χ2v) is 41.3. The molecule has 26 nitrogen and oxygen atoms in total.